The molecule has 1 aromatic carbocycles. The second-order valence-electron chi connectivity index (χ2n) is 4.45. The summed E-state index contributed by atoms with van der Waals surface area (Å²) in [4.78, 5) is 0. The summed E-state index contributed by atoms with van der Waals surface area (Å²) in [5.74, 6) is 0. The van der Waals surface area contributed by atoms with E-state index < -0.39 is 0 Å². The van der Waals surface area contributed by atoms with Crippen molar-refractivity contribution < 1.29 is 4.74 Å². The van der Waals surface area contributed by atoms with Crippen LogP contribution in [0.2, 0.25) is 5.02 Å². The zero-order chi connectivity index (χ0) is 13.1. The summed E-state index contributed by atoms with van der Waals surface area (Å²) in [5, 5.41) is 4.19. The lowest BCUT2D eigenvalue weighted by Crippen LogP contribution is -2.15. The summed E-state index contributed by atoms with van der Waals surface area (Å²) < 4.78 is 5.62. The number of ether oxygens (including phenoxy) is 1. The molecule has 0 aliphatic heterocycles. The van der Waals surface area contributed by atoms with Crippen molar-refractivity contribution in [3.63, 3.8) is 0 Å². The summed E-state index contributed by atoms with van der Waals surface area (Å²) in [6.07, 6.45) is 4.79. The van der Waals surface area contributed by atoms with E-state index in [1.807, 2.05) is 24.3 Å². The molecular formula is C15H24ClNO. The van der Waals surface area contributed by atoms with Gasteiger partial charge in [0.2, 0.25) is 0 Å². The van der Waals surface area contributed by atoms with E-state index >= 15 is 0 Å². The van der Waals surface area contributed by atoms with Gasteiger partial charge in [0, 0.05) is 11.6 Å². The van der Waals surface area contributed by atoms with Gasteiger partial charge in [-0.05, 0) is 50.4 Å². The third kappa shape index (κ3) is 7.00. The van der Waals surface area contributed by atoms with Crippen LogP contribution in [0, 0.1) is 0 Å². The molecule has 0 amide bonds. The zero-order valence-electron chi connectivity index (χ0n) is 11.3. The van der Waals surface area contributed by atoms with Crippen LogP contribution in [-0.2, 0) is 11.3 Å². The second kappa shape index (κ2) is 10.4. The van der Waals surface area contributed by atoms with Gasteiger partial charge in [0.25, 0.3) is 0 Å². The highest BCUT2D eigenvalue weighted by Gasteiger charge is 1.98. The quantitative estimate of drug-likeness (QED) is 0.648. The molecular weight excluding hydrogens is 246 g/mol. The average molecular weight is 270 g/mol. The summed E-state index contributed by atoms with van der Waals surface area (Å²) >= 11 is 6.05. The lowest BCUT2D eigenvalue weighted by Gasteiger charge is -2.06. The van der Waals surface area contributed by atoms with Gasteiger partial charge < -0.3 is 10.1 Å². The number of hydrogen-bond acceptors (Lipinski definition) is 2. The molecule has 2 nitrogen and oxygen atoms in total. The maximum Gasteiger partial charge on any atom is 0.0731 e. The van der Waals surface area contributed by atoms with Gasteiger partial charge in [-0.25, -0.2) is 0 Å². The standard InChI is InChI=1S/C15H24ClNO/c1-2-10-17-11-6-3-7-12-18-13-14-8-4-5-9-15(14)16/h4-5,8-9,17H,2-3,6-7,10-13H2,1H3. The molecule has 0 radical (unpaired) electrons. The minimum atomic E-state index is 0.619. The van der Waals surface area contributed by atoms with Gasteiger partial charge in [0.05, 0.1) is 6.61 Å². The van der Waals surface area contributed by atoms with Crippen molar-refractivity contribution in [1.82, 2.24) is 5.32 Å². The van der Waals surface area contributed by atoms with E-state index in [0.717, 1.165) is 36.7 Å². The smallest absolute Gasteiger partial charge is 0.0731 e. The van der Waals surface area contributed by atoms with E-state index in [2.05, 4.69) is 12.2 Å². The predicted octanol–water partition coefficient (Wildman–Crippen LogP) is 4.03. The molecule has 0 fully saturated rings. The van der Waals surface area contributed by atoms with E-state index in [4.69, 9.17) is 16.3 Å². The predicted molar refractivity (Wildman–Crippen MR) is 78.1 cm³/mol. The van der Waals surface area contributed by atoms with Crippen LogP contribution in [0.15, 0.2) is 24.3 Å². The Morgan fingerprint density at radius 1 is 1.11 bits per heavy atom. The Morgan fingerprint density at radius 2 is 1.94 bits per heavy atom. The van der Waals surface area contributed by atoms with Crippen molar-refractivity contribution in [2.45, 2.75) is 39.2 Å². The fourth-order valence-corrected chi connectivity index (χ4v) is 1.92. The topological polar surface area (TPSA) is 21.3 Å². The number of halogens is 1. The minimum absolute atomic E-state index is 0.619. The van der Waals surface area contributed by atoms with Crippen molar-refractivity contribution in [1.29, 1.82) is 0 Å². The molecule has 18 heavy (non-hydrogen) atoms. The fourth-order valence-electron chi connectivity index (χ4n) is 1.73. The molecule has 102 valence electrons. The van der Waals surface area contributed by atoms with Crippen LogP contribution >= 0.6 is 11.6 Å². The Morgan fingerprint density at radius 3 is 2.72 bits per heavy atom. The van der Waals surface area contributed by atoms with E-state index in [1.165, 1.54) is 19.3 Å². The van der Waals surface area contributed by atoms with Crippen LogP contribution < -0.4 is 5.32 Å². The largest absolute Gasteiger partial charge is 0.377 e. The van der Waals surface area contributed by atoms with Crippen LogP contribution in [0.1, 0.15) is 38.2 Å². The first-order valence-corrected chi connectivity index (χ1v) is 7.24. The third-order valence-electron chi connectivity index (χ3n) is 2.78. The highest BCUT2D eigenvalue weighted by atomic mass is 35.5. The van der Waals surface area contributed by atoms with Crippen LogP contribution in [-0.4, -0.2) is 19.7 Å². The molecule has 0 aliphatic carbocycles. The van der Waals surface area contributed by atoms with Crippen LogP contribution in [0.4, 0.5) is 0 Å². The Hall–Kier alpha value is -0.570. The normalized spacial score (nSPS) is 10.8. The Balaban J connectivity index is 1.94. The highest BCUT2D eigenvalue weighted by molar-refractivity contribution is 6.31. The summed E-state index contributed by atoms with van der Waals surface area (Å²) in [6.45, 7) is 5.88. The van der Waals surface area contributed by atoms with Gasteiger partial charge in [0.1, 0.15) is 0 Å². The highest BCUT2D eigenvalue weighted by Crippen LogP contribution is 2.15. The first kappa shape index (κ1) is 15.5. The van der Waals surface area contributed by atoms with Gasteiger partial charge in [-0.15, -0.1) is 0 Å². The number of hydrogen-bond donors (Lipinski definition) is 1. The average Bonchev–Trinajstić information content (AvgIpc) is 2.39. The molecule has 0 bridgehead atoms. The van der Waals surface area contributed by atoms with E-state index in [0.29, 0.717) is 6.61 Å². The molecule has 0 saturated heterocycles. The molecule has 0 aromatic heterocycles. The van der Waals surface area contributed by atoms with Gasteiger partial charge in [0.15, 0.2) is 0 Å². The van der Waals surface area contributed by atoms with Crippen molar-refractivity contribution in [2.24, 2.45) is 0 Å². The maximum atomic E-state index is 6.05. The van der Waals surface area contributed by atoms with Gasteiger partial charge in [-0.2, -0.15) is 0 Å². The molecule has 0 heterocycles. The molecule has 0 unspecified atom stereocenters. The second-order valence-corrected chi connectivity index (χ2v) is 4.86. The molecule has 0 aliphatic rings. The lowest BCUT2D eigenvalue weighted by molar-refractivity contribution is 0.117. The Kier molecular flexibility index (Phi) is 8.92. The van der Waals surface area contributed by atoms with Crippen LogP contribution in [0.3, 0.4) is 0 Å². The molecule has 1 rings (SSSR count). The number of rotatable bonds is 10. The summed E-state index contributed by atoms with van der Waals surface area (Å²) in [5.41, 5.74) is 1.07. The maximum absolute atomic E-state index is 6.05. The lowest BCUT2D eigenvalue weighted by atomic mass is 10.2. The first-order valence-electron chi connectivity index (χ1n) is 6.86. The third-order valence-corrected chi connectivity index (χ3v) is 3.15. The van der Waals surface area contributed by atoms with E-state index in [1.54, 1.807) is 0 Å². The monoisotopic (exact) mass is 269 g/mol. The van der Waals surface area contributed by atoms with Crippen molar-refractivity contribution >= 4 is 11.6 Å². The van der Waals surface area contributed by atoms with Crippen molar-refractivity contribution in [3.8, 4) is 0 Å². The summed E-state index contributed by atoms with van der Waals surface area (Å²) in [7, 11) is 0. The van der Waals surface area contributed by atoms with Gasteiger partial charge in [-0.1, -0.05) is 36.7 Å². The van der Waals surface area contributed by atoms with E-state index in [-0.39, 0.29) is 0 Å². The summed E-state index contributed by atoms with van der Waals surface area (Å²) in [6, 6.07) is 7.84. The number of nitrogens with one attached hydrogen (secondary N) is 1. The molecule has 1 N–H and O–H groups in total. The van der Waals surface area contributed by atoms with E-state index in [9.17, 15) is 0 Å². The Bertz CT molecular complexity index is 317. The van der Waals surface area contributed by atoms with Crippen molar-refractivity contribution in [2.75, 3.05) is 19.7 Å². The van der Waals surface area contributed by atoms with Crippen LogP contribution in [0.25, 0.3) is 0 Å². The fraction of sp³-hybridized carbons (Fsp3) is 0.600. The number of unbranched alkanes of at least 4 members (excludes halogenated alkanes) is 2. The molecule has 0 atom stereocenters. The number of benzene rings is 1. The van der Waals surface area contributed by atoms with Gasteiger partial charge >= 0.3 is 0 Å². The van der Waals surface area contributed by atoms with Gasteiger partial charge in [-0.3, -0.25) is 0 Å². The SMILES string of the molecule is CCCNCCCCCOCc1ccccc1Cl. The molecule has 3 heteroatoms. The first-order chi connectivity index (χ1) is 8.84. The molecule has 1 aromatic rings. The minimum Gasteiger partial charge on any atom is -0.377 e. The molecule has 0 spiro atoms. The van der Waals surface area contributed by atoms with Crippen molar-refractivity contribution in [3.05, 3.63) is 34.9 Å². The Labute approximate surface area is 116 Å². The zero-order valence-corrected chi connectivity index (χ0v) is 12.0. The molecule has 0 saturated carbocycles. The van der Waals surface area contributed by atoms with Crippen LogP contribution in [0.5, 0.6) is 0 Å².